The Morgan fingerprint density at radius 1 is 1.29 bits per heavy atom. The highest BCUT2D eigenvalue weighted by atomic mass is 35.5. The van der Waals surface area contributed by atoms with Crippen LogP contribution in [0.3, 0.4) is 0 Å². The lowest BCUT2D eigenvalue weighted by molar-refractivity contribution is -0.0553. The Bertz CT molecular complexity index is 511. The molecule has 0 fully saturated rings. The van der Waals surface area contributed by atoms with E-state index in [2.05, 4.69) is 9.84 Å². The molecule has 0 spiro atoms. The SMILES string of the molecule is Cn1nc(-c2ccc(Cl)cc2)cc1OC(F)F. The minimum Gasteiger partial charge on any atom is -0.417 e. The first-order chi connectivity index (χ1) is 8.06. The number of aryl methyl sites for hydroxylation is 1. The van der Waals surface area contributed by atoms with E-state index >= 15 is 0 Å². The van der Waals surface area contributed by atoms with Crippen molar-refractivity contribution >= 4 is 11.6 Å². The van der Waals surface area contributed by atoms with Crippen LogP contribution in [0.1, 0.15) is 0 Å². The van der Waals surface area contributed by atoms with Crippen molar-refractivity contribution in [2.45, 2.75) is 6.61 Å². The highest BCUT2D eigenvalue weighted by Gasteiger charge is 2.12. The standard InChI is InChI=1S/C11H9ClF2N2O/c1-16-10(17-11(13)14)6-9(15-16)7-2-4-8(12)5-3-7/h2-6,11H,1H3. The van der Waals surface area contributed by atoms with Gasteiger partial charge in [-0.1, -0.05) is 23.7 Å². The number of benzene rings is 1. The summed E-state index contributed by atoms with van der Waals surface area (Å²) in [5, 5.41) is 4.68. The summed E-state index contributed by atoms with van der Waals surface area (Å²) in [7, 11) is 1.54. The molecular formula is C11H9ClF2N2O. The highest BCUT2D eigenvalue weighted by Crippen LogP contribution is 2.24. The van der Waals surface area contributed by atoms with E-state index in [1.807, 2.05) is 0 Å². The first kappa shape index (κ1) is 11.9. The van der Waals surface area contributed by atoms with E-state index in [9.17, 15) is 8.78 Å². The normalized spacial score (nSPS) is 10.9. The van der Waals surface area contributed by atoms with Crippen molar-refractivity contribution in [3.63, 3.8) is 0 Å². The molecule has 2 aromatic rings. The summed E-state index contributed by atoms with van der Waals surface area (Å²) in [6.07, 6.45) is 0. The summed E-state index contributed by atoms with van der Waals surface area (Å²) in [5.74, 6) is 0.0185. The lowest BCUT2D eigenvalue weighted by atomic mass is 10.2. The third kappa shape index (κ3) is 2.74. The topological polar surface area (TPSA) is 27.1 Å². The fraction of sp³-hybridized carbons (Fsp3) is 0.182. The molecule has 0 atom stereocenters. The third-order valence-electron chi connectivity index (χ3n) is 2.19. The Kier molecular flexibility index (Phi) is 3.28. The first-order valence-corrected chi connectivity index (χ1v) is 5.19. The molecule has 17 heavy (non-hydrogen) atoms. The monoisotopic (exact) mass is 258 g/mol. The van der Waals surface area contributed by atoms with Gasteiger partial charge < -0.3 is 4.74 Å². The van der Waals surface area contributed by atoms with Crippen molar-refractivity contribution in [1.82, 2.24) is 9.78 Å². The summed E-state index contributed by atoms with van der Waals surface area (Å²) < 4.78 is 29.7. The Hall–Kier alpha value is -1.62. The van der Waals surface area contributed by atoms with E-state index < -0.39 is 6.61 Å². The van der Waals surface area contributed by atoms with Gasteiger partial charge in [-0.25, -0.2) is 4.68 Å². The van der Waals surface area contributed by atoms with Crippen LogP contribution in [0.15, 0.2) is 30.3 Å². The summed E-state index contributed by atoms with van der Waals surface area (Å²) in [6, 6.07) is 8.39. The van der Waals surface area contributed by atoms with Gasteiger partial charge in [0.1, 0.15) is 0 Å². The van der Waals surface area contributed by atoms with Gasteiger partial charge in [0, 0.05) is 23.7 Å². The molecule has 0 amide bonds. The van der Waals surface area contributed by atoms with Crippen LogP contribution >= 0.6 is 11.6 Å². The molecule has 3 nitrogen and oxygen atoms in total. The second-order valence-corrected chi connectivity index (χ2v) is 3.81. The molecule has 0 bridgehead atoms. The van der Waals surface area contributed by atoms with Crippen molar-refractivity contribution in [2.75, 3.05) is 0 Å². The third-order valence-corrected chi connectivity index (χ3v) is 2.44. The van der Waals surface area contributed by atoms with Crippen LogP contribution in [0.25, 0.3) is 11.3 Å². The molecule has 6 heteroatoms. The molecule has 0 unspecified atom stereocenters. The molecule has 90 valence electrons. The molecule has 2 rings (SSSR count). The van der Waals surface area contributed by atoms with Crippen molar-refractivity contribution in [3.8, 4) is 17.1 Å². The van der Waals surface area contributed by atoms with E-state index in [1.165, 1.54) is 17.8 Å². The number of hydrogen-bond acceptors (Lipinski definition) is 2. The zero-order valence-corrected chi connectivity index (χ0v) is 9.66. The minimum atomic E-state index is -2.86. The number of rotatable bonds is 3. The van der Waals surface area contributed by atoms with Crippen LogP contribution in [0.5, 0.6) is 5.88 Å². The predicted octanol–water partition coefficient (Wildman–Crippen LogP) is 3.34. The maximum absolute atomic E-state index is 12.1. The number of hydrogen-bond donors (Lipinski definition) is 0. The molecule has 0 aliphatic rings. The molecule has 0 radical (unpaired) electrons. The summed E-state index contributed by atoms with van der Waals surface area (Å²) >= 11 is 5.75. The van der Waals surface area contributed by atoms with Gasteiger partial charge in [-0.2, -0.15) is 13.9 Å². The Morgan fingerprint density at radius 2 is 1.94 bits per heavy atom. The fourth-order valence-corrected chi connectivity index (χ4v) is 1.54. The maximum Gasteiger partial charge on any atom is 0.388 e. The van der Waals surface area contributed by atoms with Gasteiger partial charge in [-0.15, -0.1) is 0 Å². The van der Waals surface area contributed by atoms with E-state index in [1.54, 1.807) is 24.3 Å². The lowest BCUT2D eigenvalue weighted by Gasteiger charge is -2.01. The first-order valence-electron chi connectivity index (χ1n) is 4.81. The van der Waals surface area contributed by atoms with Gasteiger partial charge >= 0.3 is 6.61 Å². The molecular weight excluding hydrogens is 250 g/mol. The van der Waals surface area contributed by atoms with Gasteiger partial charge in [-0.05, 0) is 12.1 Å². The zero-order chi connectivity index (χ0) is 12.4. The van der Waals surface area contributed by atoms with E-state index in [4.69, 9.17) is 11.6 Å². The summed E-state index contributed by atoms with van der Waals surface area (Å²) in [5.41, 5.74) is 1.34. The summed E-state index contributed by atoms with van der Waals surface area (Å²) in [4.78, 5) is 0. The molecule has 1 aromatic carbocycles. The van der Waals surface area contributed by atoms with Gasteiger partial charge in [0.25, 0.3) is 0 Å². The number of nitrogens with zero attached hydrogens (tertiary/aromatic N) is 2. The number of halogens is 3. The van der Waals surface area contributed by atoms with Gasteiger partial charge in [0.15, 0.2) is 0 Å². The highest BCUT2D eigenvalue weighted by molar-refractivity contribution is 6.30. The Morgan fingerprint density at radius 3 is 2.53 bits per heavy atom. The average molecular weight is 259 g/mol. The minimum absolute atomic E-state index is 0.0185. The van der Waals surface area contributed by atoms with Crippen LogP contribution < -0.4 is 4.74 Å². The summed E-state index contributed by atoms with van der Waals surface area (Å²) in [6.45, 7) is -2.86. The quantitative estimate of drug-likeness (QED) is 0.844. The van der Waals surface area contributed by atoms with Gasteiger partial charge in [-0.3, -0.25) is 0 Å². The van der Waals surface area contributed by atoms with Crippen molar-refractivity contribution < 1.29 is 13.5 Å². The Balaban J connectivity index is 2.31. The molecule has 0 aliphatic carbocycles. The van der Waals surface area contributed by atoms with Crippen LogP contribution in [-0.4, -0.2) is 16.4 Å². The predicted molar refractivity (Wildman–Crippen MR) is 60.3 cm³/mol. The number of aromatic nitrogens is 2. The van der Waals surface area contributed by atoms with Gasteiger partial charge in [0.2, 0.25) is 5.88 Å². The molecule has 1 aromatic heterocycles. The molecule has 0 saturated heterocycles. The van der Waals surface area contributed by atoms with Crippen molar-refractivity contribution in [2.24, 2.45) is 7.05 Å². The molecule has 1 heterocycles. The van der Waals surface area contributed by atoms with E-state index in [0.29, 0.717) is 10.7 Å². The number of ether oxygens (including phenoxy) is 1. The molecule has 0 aliphatic heterocycles. The van der Waals surface area contributed by atoms with Crippen molar-refractivity contribution in [3.05, 3.63) is 35.4 Å². The Labute approximate surface area is 102 Å². The maximum atomic E-state index is 12.1. The largest absolute Gasteiger partial charge is 0.417 e. The number of alkyl halides is 2. The van der Waals surface area contributed by atoms with Crippen LogP contribution in [0.4, 0.5) is 8.78 Å². The second-order valence-electron chi connectivity index (χ2n) is 3.38. The lowest BCUT2D eigenvalue weighted by Crippen LogP contribution is -2.05. The second kappa shape index (κ2) is 4.71. The average Bonchev–Trinajstić information content (AvgIpc) is 2.60. The van der Waals surface area contributed by atoms with Crippen LogP contribution in [0, 0.1) is 0 Å². The fourth-order valence-electron chi connectivity index (χ4n) is 1.41. The van der Waals surface area contributed by atoms with E-state index in [0.717, 1.165) is 5.56 Å². The van der Waals surface area contributed by atoms with Crippen LogP contribution in [-0.2, 0) is 7.05 Å². The smallest absolute Gasteiger partial charge is 0.388 e. The molecule has 0 N–H and O–H groups in total. The van der Waals surface area contributed by atoms with Crippen molar-refractivity contribution in [1.29, 1.82) is 0 Å². The van der Waals surface area contributed by atoms with Crippen LogP contribution in [0.2, 0.25) is 5.02 Å². The van der Waals surface area contributed by atoms with E-state index in [-0.39, 0.29) is 5.88 Å². The molecule has 0 saturated carbocycles. The zero-order valence-electron chi connectivity index (χ0n) is 8.90. The van der Waals surface area contributed by atoms with Gasteiger partial charge in [0.05, 0.1) is 5.69 Å².